The number of nitrogens with zero attached hydrogens (tertiary/aromatic N) is 1. The van der Waals surface area contributed by atoms with E-state index in [0.29, 0.717) is 11.3 Å². The Kier molecular flexibility index (Phi) is 3.43. The van der Waals surface area contributed by atoms with E-state index in [2.05, 4.69) is 25.7 Å². The summed E-state index contributed by atoms with van der Waals surface area (Å²) in [6.45, 7) is -1.51. The highest BCUT2D eigenvalue weighted by molar-refractivity contribution is 9.10. The number of carbonyl (C=O) groups is 1. The average molecular weight is 322 g/mol. The lowest BCUT2D eigenvalue weighted by molar-refractivity contribution is -0.157. The minimum Gasteiger partial charge on any atom is -0.465 e. The minimum atomic E-state index is -4.48. The topological polar surface area (TPSA) is 38.7 Å². The molecule has 1 aliphatic rings. The molecular weight excluding hydrogens is 315 g/mol. The quantitative estimate of drug-likeness (QED) is 0.796. The van der Waals surface area contributed by atoms with Crippen molar-refractivity contribution in [1.29, 1.82) is 0 Å². The molecule has 0 bridgehead atoms. The monoisotopic (exact) mass is 321 g/mol. The highest BCUT2D eigenvalue weighted by atomic mass is 79.9. The van der Waals surface area contributed by atoms with Gasteiger partial charge in [-0.3, -0.25) is 4.79 Å². The molecule has 0 unspecified atom stereocenters. The molecule has 0 fully saturated rings. The third-order valence-corrected chi connectivity index (χ3v) is 2.72. The summed E-state index contributed by atoms with van der Waals surface area (Å²) in [5, 5.41) is 0. The maximum atomic E-state index is 12.0. The predicted molar refractivity (Wildman–Crippen MR) is 62.0 cm³/mol. The van der Waals surface area contributed by atoms with Crippen molar-refractivity contribution in [3.8, 4) is 0 Å². The van der Waals surface area contributed by atoms with Gasteiger partial charge in [-0.1, -0.05) is 15.9 Å². The molecule has 0 N–H and O–H groups in total. The van der Waals surface area contributed by atoms with Crippen LogP contribution in [0.4, 0.5) is 18.9 Å². The van der Waals surface area contributed by atoms with E-state index in [-0.39, 0.29) is 6.42 Å². The highest BCUT2D eigenvalue weighted by Crippen LogP contribution is 2.28. The van der Waals surface area contributed by atoms with Gasteiger partial charge in [-0.15, -0.1) is 0 Å². The minimum absolute atomic E-state index is 0.00847. The fraction of sp³-hybridized carbons (Fsp3) is 0.273. The van der Waals surface area contributed by atoms with Gasteiger partial charge in [0.25, 0.3) is 5.90 Å². The SMILES string of the molecule is O=C1Cc2cc(Br)ccc2N=C1OCC(F)(F)F. The molecule has 1 heterocycles. The molecule has 3 nitrogen and oxygen atoms in total. The Bertz CT molecular complexity index is 526. The second-order valence-corrected chi connectivity index (χ2v) is 4.61. The molecule has 18 heavy (non-hydrogen) atoms. The van der Waals surface area contributed by atoms with Gasteiger partial charge >= 0.3 is 6.18 Å². The van der Waals surface area contributed by atoms with Crippen LogP contribution in [0.5, 0.6) is 0 Å². The fourth-order valence-corrected chi connectivity index (χ4v) is 1.90. The van der Waals surface area contributed by atoms with E-state index in [1.165, 1.54) is 0 Å². The summed E-state index contributed by atoms with van der Waals surface area (Å²) >= 11 is 3.24. The zero-order valence-electron chi connectivity index (χ0n) is 8.92. The number of carbonyl (C=O) groups excluding carboxylic acids is 1. The number of aliphatic imine (C=N–C) groups is 1. The molecule has 2 rings (SSSR count). The molecule has 7 heteroatoms. The van der Waals surface area contributed by atoms with Crippen molar-refractivity contribution in [3.05, 3.63) is 28.2 Å². The Labute approximate surface area is 109 Å². The summed E-state index contributed by atoms with van der Waals surface area (Å²) in [5.41, 5.74) is 1.11. The van der Waals surface area contributed by atoms with Crippen molar-refractivity contribution in [1.82, 2.24) is 0 Å². The molecule has 1 aliphatic heterocycles. The molecule has 0 radical (unpaired) electrons. The molecular formula is C11H7BrF3NO2. The molecule has 0 amide bonds. The Hall–Kier alpha value is -1.37. The number of rotatable bonds is 1. The lowest BCUT2D eigenvalue weighted by Gasteiger charge is -2.16. The number of benzene rings is 1. The summed E-state index contributed by atoms with van der Waals surface area (Å²) in [5.74, 6) is -1.04. The maximum absolute atomic E-state index is 12.0. The zero-order valence-corrected chi connectivity index (χ0v) is 10.5. The van der Waals surface area contributed by atoms with E-state index < -0.39 is 24.5 Å². The lowest BCUT2D eigenvalue weighted by atomic mass is 10.0. The number of fused-ring (bicyclic) bond motifs is 1. The molecule has 0 aliphatic carbocycles. The summed E-state index contributed by atoms with van der Waals surface area (Å²) in [6.07, 6.45) is -4.49. The Morgan fingerprint density at radius 2 is 2.11 bits per heavy atom. The van der Waals surface area contributed by atoms with E-state index in [0.717, 1.165) is 4.47 Å². The van der Waals surface area contributed by atoms with Crippen LogP contribution >= 0.6 is 15.9 Å². The average Bonchev–Trinajstić information content (AvgIpc) is 2.25. The molecule has 0 atom stereocenters. The molecule has 0 saturated heterocycles. The molecule has 1 aromatic carbocycles. The van der Waals surface area contributed by atoms with Gasteiger partial charge in [0, 0.05) is 10.9 Å². The summed E-state index contributed by atoms with van der Waals surface area (Å²) in [6, 6.07) is 5.01. The fourth-order valence-electron chi connectivity index (χ4n) is 1.49. The molecule has 96 valence electrons. The Balaban J connectivity index is 2.22. The normalized spacial score (nSPS) is 15.1. The van der Waals surface area contributed by atoms with Gasteiger partial charge in [-0.05, 0) is 23.8 Å². The third-order valence-electron chi connectivity index (χ3n) is 2.23. The van der Waals surface area contributed by atoms with Crippen molar-refractivity contribution in [3.63, 3.8) is 0 Å². The number of ketones is 1. The first-order valence-corrected chi connectivity index (χ1v) is 5.74. The molecule has 0 saturated carbocycles. The number of hydrogen-bond acceptors (Lipinski definition) is 3. The number of Topliss-reactive ketones (excluding diaryl/α,β-unsaturated/α-hetero) is 1. The van der Waals surface area contributed by atoms with E-state index >= 15 is 0 Å². The van der Waals surface area contributed by atoms with Crippen LogP contribution in [0, 0.1) is 0 Å². The highest BCUT2D eigenvalue weighted by Gasteiger charge is 2.31. The van der Waals surface area contributed by atoms with Crippen molar-refractivity contribution < 1.29 is 22.7 Å². The smallest absolute Gasteiger partial charge is 0.422 e. The molecule has 0 aromatic heterocycles. The number of hydrogen-bond donors (Lipinski definition) is 0. The molecule has 0 spiro atoms. The van der Waals surface area contributed by atoms with Crippen molar-refractivity contribution in [2.24, 2.45) is 4.99 Å². The first kappa shape index (κ1) is 13.1. The molecule has 1 aromatic rings. The predicted octanol–water partition coefficient (Wildman–Crippen LogP) is 3.18. The van der Waals surface area contributed by atoms with Gasteiger partial charge in [0.2, 0.25) is 5.78 Å². The van der Waals surface area contributed by atoms with E-state index in [4.69, 9.17) is 0 Å². The zero-order chi connectivity index (χ0) is 13.3. The number of alkyl halides is 3. The van der Waals surface area contributed by atoms with Gasteiger partial charge in [-0.2, -0.15) is 13.2 Å². The summed E-state index contributed by atoms with van der Waals surface area (Å²) < 4.78 is 41.2. The summed E-state index contributed by atoms with van der Waals surface area (Å²) in [7, 11) is 0. The van der Waals surface area contributed by atoms with Crippen LogP contribution in [0.15, 0.2) is 27.7 Å². The van der Waals surface area contributed by atoms with Crippen LogP contribution in [0.25, 0.3) is 0 Å². The van der Waals surface area contributed by atoms with Crippen LogP contribution in [0.3, 0.4) is 0 Å². The number of halogens is 4. The van der Waals surface area contributed by atoms with E-state index in [1.54, 1.807) is 18.2 Å². The van der Waals surface area contributed by atoms with Crippen LogP contribution < -0.4 is 0 Å². The Morgan fingerprint density at radius 3 is 2.78 bits per heavy atom. The third kappa shape index (κ3) is 3.10. The van der Waals surface area contributed by atoms with Crippen molar-refractivity contribution in [2.75, 3.05) is 6.61 Å². The van der Waals surface area contributed by atoms with Crippen LogP contribution in [-0.2, 0) is 16.0 Å². The largest absolute Gasteiger partial charge is 0.465 e. The lowest BCUT2D eigenvalue weighted by Crippen LogP contribution is -2.28. The van der Waals surface area contributed by atoms with Crippen LogP contribution in [0.2, 0.25) is 0 Å². The summed E-state index contributed by atoms with van der Waals surface area (Å²) in [4.78, 5) is 15.3. The first-order valence-electron chi connectivity index (χ1n) is 4.95. The maximum Gasteiger partial charge on any atom is 0.422 e. The number of ether oxygens (including phenoxy) is 1. The van der Waals surface area contributed by atoms with Gasteiger partial charge in [0.15, 0.2) is 6.61 Å². The van der Waals surface area contributed by atoms with Crippen molar-refractivity contribution >= 4 is 33.3 Å². The second kappa shape index (κ2) is 4.72. The van der Waals surface area contributed by atoms with Crippen molar-refractivity contribution in [2.45, 2.75) is 12.6 Å². The van der Waals surface area contributed by atoms with Crippen LogP contribution in [0.1, 0.15) is 5.56 Å². The van der Waals surface area contributed by atoms with Gasteiger partial charge in [0.05, 0.1) is 5.69 Å². The van der Waals surface area contributed by atoms with Gasteiger partial charge in [0.1, 0.15) is 0 Å². The van der Waals surface area contributed by atoms with Crippen LogP contribution in [-0.4, -0.2) is 24.5 Å². The first-order chi connectivity index (χ1) is 8.35. The van der Waals surface area contributed by atoms with Gasteiger partial charge in [-0.25, -0.2) is 4.99 Å². The standard InChI is InChI=1S/C11H7BrF3NO2/c12-7-1-2-8-6(3-7)4-9(17)10(16-8)18-5-11(13,14)15/h1-3H,4-5H2. The van der Waals surface area contributed by atoms with Gasteiger partial charge < -0.3 is 4.74 Å². The van der Waals surface area contributed by atoms with E-state index in [1.807, 2.05) is 0 Å². The second-order valence-electron chi connectivity index (χ2n) is 3.69. The van der Waals surface area contributed by atoms with E-state index in [9.17, 15) is 18.0 Å². The Morgan fingerprint density at radius 1 is 1.39 bits per heavy atom.